The molecule has 5 rings (SSSR count). The number of nitrogens with one attached hydrogen (secondary N) is 5. The summed E-state index contributed by atoms with van der Waals surface area (Å²) >= 11 is 0. The van der Waals surface area contributed by atoms with Crippen LogP contribution in [0.1, 0.15) is 91.3 Å². The number of aliphatic hydroxyl groups excluding tert-OH is 1. The molecule has 21 nitrogen and oxygen atoms in total. The molecular weight excluding hydrogens is 853 g/mol. The second-order valence-corrected chi connectivity index (χ2v) is 16.2. The van der Waals surface area contributed by atoms with Crippen molar-refractivity contribution < 1.29 is 43.8 Å². The summed E-state index contributed by atoms with van der Waals surface area (Å²) in [6.45, 7) is 5.54. The number of unbranched alkanes of at least 4 members (excludes halogenated alkanes) is 2. The molecule has 11 N–H and O–H groups in total. The normalized spacial score (nSPS) is 14.7. The molecule has 6 amide bonds. The fourth-order valence-electron chi connectivity index (χ4n) is 6.90. The first-order valence-electron chi connectivity index (χ1n) is 21.6. The Bertz CT molecular complexity index is 2430. The third-order valence-electron chi connectivity index (χ3n) is 10.7. The lowest BCUT2D eigenvalue weighted by Gasteiger charge is -2.24. The number of rotatable bonds is 23. The van der Waals surface area contributed by atoms with Crippen molar-refractivity contribution in [3.8, 4) is 0 Å². The van der Waals surface area contributed by atoms with Gasteiger partial charge in [0.1, 0.15) is 24.4 Å². The van der Waals surface area contributed by atoms with Gasteiger partial charge in [0.2, 0.25) is 29.6 Å². The lowest BCUT2D eigenvalue weighted by atomic mass is 10.0. The molecule has 4 aromatic rings. The number of nitrogens with two attached hydrogens (primary N) is 2. The molecule has 0 radical (unpaired) electrons. The summed E-state index contributed by atoms with van der Waals surface area (Å²) in [7, 11) is 0. The fraction of sp³-hybridized carbons (Fsp3) is 0.400. The maximum Gasteiger partial charge on any atom is 0.326 e. The van der Waals surface area contributed by atoms with Gasteiger partial charge < -0.3 is 53.2 Å². The first-order valence-corrected chi connectivity index (χ1v) is 21.6. The molecule has 0 saturated carbocycles. The summed E-state index contributed by atoms with van der Waals surface area (Å²) in [6.07, 6.45) is 6.73. The third-order valence-corrected chi connectivity index (χ3v) is 10.7. The largest absolute Gasteiger partial charge is 0.480 e. The van der Waals surface area contributed by atoms with Gasteiger partial charge in [0, 0.05) is 42.4 Å². The number of nitrogens with zero attached hydrogens (tertiary/aromatic N) is 5. The first-order chi connectivity index (χ1) is 31.5. The molecule has 0 bridgehead atoms. The number of aliphatic hydroxyl groups is 1. The molecule has 0 aliphatic carbocycles. The van der Waals surface area contributed by atoms with Gasteiger partial charge in [0.25, 0.3) is 11.8 Å². The van der Waals surface area contributed by atoms with Crippen molar-refractivity contribution in [2.75, 3.05) is 29.9 Å². The average molecular weight is 909 g/mol. The van der Waals surface area contributed by atoms with Gasteiger partial charge >= 0.3 is 5.97 Å². The van der Waals surface area contributed by atoms with Gasteiger partial charge in [-0.05, 0) is 99.4 Å². The summed E-state index contributed by atoms with van der Waals surface area (Å²) in [4.78, 5) is 106. The van der Waals surface area contributed by atoms with Crippen LogP contribution in [0.25, 0.3) is 11.2 Å². The Morgan fingerprint density at radius 3 is 2.17 bits per heavy atom. The van der Waals surface area contributed by atoms with Gasteiger partial charge in [-0.1, -0.05) is 32.4 Å². The van der Waals surface area contributed by atoms with Gasteiger partial charge in [0.05, 0.1) is 11.9 Å². The number of fused-ring (bicyclic) bond motifs is 1. The van der Waals surface area contributed by atoms with E-state index in [9.17, 15) is 43.8 Å². The highest BCUT2D eigenvalue weighted by Crippen LogP contribution is 2.17. The second-order valence-electron chi connectivity index (χ2n) is 16.2. The average Bonchev–Trinajstić information content (AvgIpc) is 3.60. The number of carboxylic acids is 1. The molecule has 4 atom stereocenters. The lowest BCUT2D eigenvalue weighted by molar-refractivity contribution is -0.139. The summed E-state index contributed by atoms with van der Waals surface area (Å²) in [6, 6.07) is 9.72. The predicted octanol–water partition coefficient (Wildman–Crippen LogP) is 1.62. The van der Waals surface area contributed by atoms with Crippen LogP contribution in [0, 0.1) is 5.92 Å². The number of anilines is 3. The van der Waals surface area contributed by atoms with E-state index in [1.165, 1.54) is 48.2 Å². The number of aryl methyl sites for hydroxylation is 2. The lowest BCUT2D eigenvalue weighted by Crippen LogP contribution is -2.53. The minimum atomic E-state index is -1.22. The Morgan fingerprint density at radius 1 is 0.803 bits per heavy atom. The summed E-state index contributed by atoms with van der Waals surface area (Å²) < 4.78 is 0. The van der Waals surface area contributed by atoms with Crippen LogP contribution in [0.15, 0.2) is 66.9 Å². The van der Waals surface area contributed by atoms with Crippen LogP contribution in [0.3, 0.4) is 0 Å². The zero-order chi connectivity index (χ0) is 47.9. The Hall–Kier alpha value is -7.55. The zero-order valence-electron chi connectivity index (χ0n) is 37.0. The van der Waals surface area contributed by atoms with Crippen molar-refractivity contribution in [3.63, 3.8) is 0 Å². The monoisotopic (exact) mass is 908 g/mol. The summed E-state index contributed by atoms with van der Waals surface area (Å²) in [5, 5.41) is 32.9. The van der Waals surface area contributed by atoms with E-state index >= 15 is 0 Å². The highest BCUT2D eigenvalue weighted by molar-refractivity contribution is 5.99. The van der Waals surface area contributed by atoms with Crippen LogP contribution >= 0.6 is 0 Å². The van der Waals surface area contributed by atoms with Crippen molar-refractivity contribution in [1.29, 1.82) is 0 Å². The number of carbonyl (C=O) groups is 7. The number of benzene rings is 2. The Balaban J connectivity index is 0.986. The van der Waals surface area contributed by atoms with Crippen molar-refractivity contribution in [1.82, 2.24) is 46.1 Å². The minimum Gasteiger partial charge on any atom is -0.480 e. The van der Waals surface area contributed by atoms with Crippen LogP contribution < -0.4 is 38.1 Å². The number of hydrogen-bond acceptors (Lipinski definition) is 14. The maximum atomic E-state index is 13.1. The van der Waals surface area contributed by atoms with E-state index < -0.39 is 54.0 Å². The maximum absolute atomic E-state index is 13.1. The standard InChI is InChI=1S/C45H56N12O9/c1-25(2)36(54-33(58)9-5-4-6-23-57-34(59)20-21-35(57)60)43(64)50-26(3)40(61)52-30-18-15-28(16-19-30)41(62)48-22-7-8-32(44(65)66)53-42(63)29-13-10-27(11-14-29)12-17-31-24-49-39-37(51-31)38(46)55-45(47)56-39/h10-11,13-16,18-21,24-26,32,34,36,59H,4-9,12,17,22-23H2,1-3H3,(H,48,62)(H,50,64)(H,52,61)(H,53,63)(H,54,58)(H,65,66)(H4,46,47,49,55,56)/t26-,32-,34?,36-/m0/s1. The highest BCUT2D eigenvalue weighted by atomic mass is 16.4. The predicted molar refractivity (Wildman–Crippen MR) is 243 cm³/mol. The van der Waals surface area contributed by atoms with E-state index in [0.717, 1.165) is 5.56 Å². The van der Waals surface area contributed by atoms with E-state index in [2.05, 4.69) is 46.5 Å². The number of hydrogen-bond donors (Lipinski definition) is 9. The number of amides is 6. The van der Waals surface area contributed by atoms with Gasteiger partial charge in [-0.3, -0.25) is 28.8 Å². The van der Waals surface area contributed by atoms with Gasteiger partial charge in [-0.2, -0.15) is 9.97 Å². The Kier molecular flexibility index (Phi) is 17.5. The molecule has 1 unspecified atom stereocenters. The van der Waals surface area contributed by atoms with Crippen LogP contribution in [-0.2, 0) is 36.8 Å². The number of aliphatic carboxylic acids is 1. The van der Waals surface area contributed by atoms with Gasteiger partial charge in [-0.15, -0.1) is 0 Å². The summed E-state index contributed by atoms with van der Waals surface area (Å²) in [5.74, 6) is -3.97. The molecule has 3 heterocycles. The molecule has 2 aromatic heterocycles. The van der Waals surface area contributed by atoms with E-state index in [4.69, 9.17) is 11.5 Å². The van der Waals surface area contributed by atoms with Crippen LogP contribution in [-0.4, -0.2) is 114 Å². The van der Waals surface area contributed by atoms with E-state index in [0.29, 0.717) is 61.2 Å². The number of carboxylic acid groups (broad SMARTS) is 1. The molecule has 1 aliphatic rings. The Labute approximate surface area is 380 Å². The molecule has 2 aromatic carbocycles. The van der Waals surface area contributed by atoms with Crippen molar-refractivity contribution >= 4 is 70.0 Å². The van der Waals surface area contributed by atoms with Crippen LogP contribution in [0.2, 0.25) is 0 Å². The molecular formula is C45H56N12O9. The Morgan fingerprint density at radius 2 is 1.50 bits per heavy atom. The second kappa shape index (κ2) is 23.4. The van der Waals surface area contributed by atoms with Gasteiger partial charge in [-0.25, -0.2) is 14.8 Å². The molecule has 0 fully saturated rings. The van der Waals surface area contributed by atoms with E-state index in [1.807, 2.05) is 0 Å². The van der Waals surface area contributed by atoms with Crippen LogP contribution in [0.5, 0.6) is 0 Å². The molecule has 0 saturated heterocycles. The first kappa shape index (κ1) is 49.5. The number of carbonyl (C=O) groups excluding carboxylic acids is 6. The molecule has 1 aliphatic heterocycles. The third kappa shape index (κ3) is 14.2. The SMILES string of the molecule is CC(C)[C@H](NC(=O)CCCCCN1C(=O)C=CC1O)C(=O)N[C@@H](C)C(=O)Nc1ccc(C(=O)NCCC[C@H](NC(=O)c2ccc(CCc3cnc4nc(N)nc(N)c4n3)cc2)C(=O)O)cc1. The molecule has 66 heavy (non-hydrogen) atoms. The quantitative estimate of drug-likeness (QED) is 0.0478. The topological polar surface area (TPSA) is 327 Å². The minimum absolute atomic E-state index is 0.00884. The van der Waals surface area contributed by atoms with Crippen molar-refractivity contribution in [2.45, 2.75) is 96.5 Å². The van der Waals surface area contributed by atoms with Gasteiger partial charge in [0.15, 0.2) is 17.0 Å². The number of aromatic nitrogens is 4. The highest BCUT2D eigenvalue weighted by Gasteiger charge is 2.28. The summed E-state index contributed by atoms with van der Waals surface area (Å²) in [5.41, 5.74) is 14.7. The zero-order valence-corrected chi connectivity index (χ0v) is 37.0. The molecule has 350 valence electrons. The molecule has 21 heteroatoms. The van der Waals surface area contributed by atoms with E-state index in [1.54, 1.807) is 44.3 Å². The van der Waals surface area contributed by atoms with Crippen LogP contribution in [0.4, 0.5) is 17.5 Å². The van der Waals surface area contributed by atoms with Crippen molar-refractivity contribution in [3.05, 3.63) is 89.3 Å². The molecule has 0 spiro atoms. The number of nitrogen functional groups attached to an aromatic ring is 2. The fourth-order valence-corrected chi connectivity index (χ4v) is 6.90. The smallest absolute Gasteiger partial charge is 0.326 e. The van der Waals surface area contributed by atoms with Crippen molar-refractivity contribution in [2.24, 2.45) is 5.92 Å². The van der Waals surface area contributed by atoms with E-state index in [-0.39, 0.29) is 66.4 Å².